The highest BCUT2D eigenvalue weighted by Crippen LogP contribution is 2.29. The first-order valence-electron chi connectivity index (χ1n) is 6.32. The maximum Gasteiger partial charge on any atom is 0.360 e. The van der Waals surface area contributed by atoms with Crippen molar-refractivity contribution in [3.05, 3.63) is 11.4 Å². The maximum atomic E-state index is 11.8. The SMILES string of the molecule is COCCOC(=O)c1nnn(C2CCCC2)c1C. The topological polar surface area (TPSA) is 66.2 Å². The van der Waals surface area contributed by atoms with Crippen LogP contribution in [0.3, 0.4) is 0 Å². The third kappa shape index (κ3) is 2.69. The molecule has 1 heterocycles. The lowest BCUT2D eigenvalue weighted by atomic mass is 10.2. The third-order valence-corrected chi connectivity index (χ3v) is 3.31. The molecule has 6 heteroatoms. The summed E-state index contributed by atoms with van der Waals surface area (Å²) >= 11 is 0. The number of rotatable bonds is 5. The van der Waals surface area contributed by atoms with E-state index in [1.54, 1.807) is 7.11 Å². The zero-order chi connectivity index (χ0) is 13.0. The molecular formula is C12H19N3O3. The number of hydrogen-bond donors (Lipinski definition) is 0. The summed E-state index contributed by atoms with van der Waals surface area (Å²) in [7, 11) is 1.56. The minimum atomic E-state index is -0.422. The molecule has 1 fully saturated rings. The van der Waals surface area contributed by atoms with Crippen LogP contribution in [0.4, 0.5) is 0 Å². The van der Waals surface area contributed by atoms with Gasteiger partial charge in [-0.05, 0) is 19.8 Å². The van der Waals surface area contributed by atoms with Crippen molar-refractivity contribution in [1.82, 2.24) is 15.0 Å². The van der Waals surface area contributed by atoms with Gasteiger partial charge in [0.15, 0.2) is 5.69 Å². The molecule has 6 nitrogen and oxygen atoms in total. The monoisotopic (exact) mass is 253 g/mol. The summed E-state index contributed by atoms with van der Waals surface area (Å²) in [6, 6.07) is 0.387. The predicted octanol–water partition coefficient (Wildman–Crippen LogP) is 1.50. The van der Waals surface area contributed by atoms with Crippen molar-refractivity contribution in [3.63, 3.8) is 0 Å². The smallest absolute Gasteiger partial charge is 0.360 e. The van der Waals surface area contributed by atoms with Gasteiger partial charge in [-0.2, -0.15) is 0 Å². The zero-order valence-electron chi connectivity index (χ0n) is 10.9. The van der Waals surface area contributed by atoms with Crippen LogP contribution in [0.5, 0.6) is 0 Å². The number of nitrogens with zero attached hydrogens (tertiary/aromatic N) is 3. The number of methoxy groups -OCH3 is 1. The summed E-state index contributed by atoms with van der Waals surface area (Å²) in [5.74, 6) is -0.422. The second-order valence-electron chi connectivity index (χ2n) is 4.54. The van der Waals surface area contributed by atoms with Crippen LogP contribution in [0, 0.1) is 6.92 Å². The van der Waals surface area contributed by atoms with E-state index in [1.807, 2.05) is 11.6 Å². The van der Waals surface area contributed by atoms with Gasteiger partial charge in [-0.1, -0.05) is 18.1 Å². The van der Waals surface area contributed by atoms with Crippen LogP contribution in [0.15, 0.2) is 0 Å². The van der Waals surface area contributed by atoms with Crippen LogP contribution in [-0.2, 0) is 9.47 Å². The van der Waals surface area contributed by atoms with Gasteiger partial charge >= 0.3 is 5.97 Å². The molecule has 0 radical (unpaired) electrons. The predicted molar refractivity (Wildman–Crippen MR) is 64.4 cm³/mol. The molecule has 2 rings (SSSR count). The lowest BCUT2D eigenvalue weighted by Gasteiger charge is -2.10. The van der Waals surface area contributed by atoms with Gasteiger partial charge in [0.25, 0.3) is 0 Å². The van der Waals surface area contributed by atoms with Crippen molar-refractivity contribution in [2.75, 3.05) is 20.3 Å². The Morgan fingerprint density at radius 3 is 2.78 bits per heavy atom. The fourth-order valence-corrected chi connectivity index (χ4v) is 2.31. The molecule has 0 spiro atoms. The Kier molecular flexibility index (Phi) is 4.30. The Morgan fingerprint density at radius 1 is 1.39 bits per heavy atom. The van der Waals surface area contributed by atoms with E-state index in [1.165, 1.54) is 12.8 Å². The molecule has 0 aliphatic heterocycles. The molecule has 1 aliphatic carbocycles. The minimum Gasteiger partial charge on any atom is -0.458 e. The van der Waals surface area contributed by atoms with Gasteiger partial charge in [0.05, 0.1) is 18.3 Å². The highest BCUT2D eigenvalue weighted by molar-refractivity contribution is 5.88. The number of carbonyl (C=O) groups excluding carboxylic acids is 1. The van der Waals surface area contributed by atoms with Gasteiger partial charge < -0.3 is 9.47 Å². The van der Waals surface area contributed by atoms with Crippen LogP contribution in [0.2, 0.25) is 0 Å². The van der Waals surface area contributed by atoms with E-state index in [4.69, 9.17) is 9.47 Å². The maximum absolute atomic E-state index is 11.8. The number of ether oxygens (including phenoxy) is 2. The van der Waals surface area contributed by atoms with Crippen molar-refractivity contribution >= 4 is 5.97 Å². The lowest BCUT2D eigenvalue weighted by molar-refractivity contribution is 0.0380. The molecule has 0 bridgehead atoms. The molecule has 0 saturated heterocycles. The largest absolute Gasteiger partial charge is 0.458 e. The van der Waals surface area contributed by atoms with E-state index in [2.05, 4.69) is 10.3 Å². The van der Waals surface area contributed by atoms with Crippen molar-refractivity contribution in [3.8, 4) is 0 Å². The van der Waals surface area contributed by atoms with E-state index in [9.17, 15) is 4.79 Å². The number of carbonyl (C=O) groups is 1. The summed E-state index contributed by atoms with van der Waals surface area (Å²) in [6.07, 6.45) is 4.67. The van der Waals surface area contributed by atoms with Crippen LogP contribution in [0.1, 0.15) is 47.9 Å². The van der Waals surface area contributed by atoms with Crippen LogP contribution in [-0.4, -0.2) is 41.3 Å². The van der Waals surface area contributed by atoms with E-state index in [-0.39, 0.29) is 6.61 Å². The summed E-state index contributed by atoms with van der Waals surface area (Å²) in [5, 5.41) is 8.02. The summed E-state index contributed by atoms with van der Waals surface area (Å²) in [6.45, 7) is 2.50. The Hall–Kier alpha value is -1.43. The second-order valence-corrected chi connectivity index (χ2v) is 4.54. The molecular weight excluding hydrogens is 234 g/mol. The molecule has 100 valence electrons. The van der Waals surface area contributed by atoms with Gasteiger partial charge in [0.2, 0.25) is 0 Å². The molecule has 0 amide bonds. The van der Waals surface area contributed by atoms with Crippen LogP contribution >= 0.6 is 0 Å². The van der Waals surface area contributed by atoms with Crippen molar-refractivity contribution < 1.29 is 14.3 Å². The summed E-state index contributed by atoms with van der Waals surface area (Å²) in [4.78, 5) is 11.8. The van der Waals surface area contributed by atoms with Crippen molar-refractivity contribution in [2.24, 2.45) is 0 Å². The first-order valence-corrected chi connectivity index (χ1v) is 6.32. The van der Waals surface area contributed by atoms with E-state index >= 15 is 0 Å². The van der Waals surface area contributed by atoms with Gasteiger partial charge in [-0.15, -0.1) is 5.10 Å². The molecule has 1 aromatic heterocycles. The van der Waals surface area contributed by atoms with Gasteiger partial charge in [0, 0.05) is 7.11 Å². The highest BCUT2D eigenvalue weighted by Gasteiger charge is 2.24. The molecule has 0 aromatic carbocycles. The quantitative estimate of drug-likeness (QED) is 0.587. The average molecular weight is 253 g/mol. The van der Waals surface area contributed by atoms with Gasteiger partial charge in [-0.25, -0.2) is 9.48 Å². The number of hydrogen-bond acceptors (Lipinski definition) is 5. The second kappa shape index (κ2) is 5.95. The molecule has 18 heavy (non-hydrogen) atoms. The highest BCUT2D eigenvalue weighted by atomic mass is 16.6. The van der Waals surface area contributed by atoms with Crippen molar-refractivity contribution in [1.29, 1.82) is 0 Å². The molecule has 1 aliphatic rings. The Morgan fingerprint density at radius 2 is 2.11 bits per heavy atom. The molecule has 0 unspecified atom stereocenters. The summed E-state index contributed by atoms with van der Waals surface area (Å²) < 4.78 is 11.7. The summed E-state index contributed by atoms with van der Waals surface area (Å²) in [5.41, 5.74) is 1.11. The lowest BCUT2D eigenvalue weighted by Crippen LogP contribution is -2.13. The normalized spacial score (nSPS) is 16.1. The molecule has 1 aromatic rings. The first kappa shape index (κ1) is 13.0. The first-order chi connectivity index (χ1) is 8.74. The number of aromatic nitrogens is 3. The zero-order valence-corrected chi connectivity index (χ0v) is 10.9. The van der Waals surface area contributed by atoms with E-state index in [0.717, 1.165) is 18.5 Å². The fraction of sp³-hybridized carbons (Fsp3) is 0.750. The minimum absolute atomic E-state index is 0.241. The average Bonchev–Trinajstić information content (AvgIpc) is 2.98. The van der Waals surface area contributed by atoms with Crippen molar-refractivity contribution in [2.45, 2.75) is 38.6 Å². The van der Waals surface area contributed by atoms with Gasteiger partial charge in [0.1, 0.15) is 6.61 Å². The Labute approximate surface area is 106 Å². The molecule has 0 atom stereocenters. The Bertz CT molecular complexity index is 411. The fourth-order valence-electron chi connectivity index (χ4n) is 2.31. The van der Waals surface area contributed by atoms with E-state index < -0.39 is 5.97 Å². The molecule has 0 N–H and O–H groups in total. The van der Waals surface area contributed by atoms with E-state index in [0.29, 0.717) is 18.3 Å². The third-order valence-electron chi connectivity index (χ3n) is 3.31. The van der Waals surface area contributed by atoms with Gasteiger partial charge in [-0.3, -0.25) is 0 Å². The van der Waals surface area contributed by atoms with Crippen LogP contribution < -0.4 is 0 Å². The Balaban J connectivity index is 2.02. The molecule has 1 saturated carbocycles. The number of esters is 1. The van der Waals surface area contributed by atoms with Crippen LogP contribution in [0.25, 0.3) is 0 Å². The standard InChI is InChI=1S/C12H19N3O3/c1-9-11(12(16)18-8-7-17-2)13-14-15(9)10-5-3-4-6-10/h10H,3-8H2,1-2H3.